The van der Waals surface area contributed by atoms with E-state index in [4.69, 9.17) is 60.0 Å². The second-order valence-electron chi connectivity index (χ2n) is 23.0. The van der Waals surface area contributed by atoms with Crippen LogP contribution in [0.2, 0.25) is 36.3 Å². The Balaban J connectivity index is 1.39. The molecule has 0 aromatic carbocycles. The van der Waals surface area contributed by atoms with Crippen molar-refractivity contribution < 1.29 is 46.0 Å². The molecule has 3 aliphatic rings. The molecule has 78 heavy (non-hydrogen) atoms. The first-order chi connectivity index (χ1) is 36.3. The van der Waals surface area contributed by atoms with Crippen molar-refractivity contribution in [2.75, 3.05) is 37.1 Å². The standard InChI is InChI=1S/C46H72N14O12P2S2Si2/c1-25(2)37(61)53-43-51-35-31(39(63)55-43)49-23-59(35)41-33(71-77(11,12)45(5,6)7)29-27(69-41)21-67-74(76,66-20-16-18-48)58-30-28(22-68-73(75,57-29)65-19-15-17-47)70-42(34(30)72-78(13,14)46(8,9)10)60-24-50-32-36(60)52-44(56-40(32)64)54-38(62)26(3)4/h23-30,33-34,41-42H,15-16,19-22H2,1-14H3,(H,57,75)(H,58,76)(H2,51,53,55,61,63)(H2,52,54,56,62,64)/t27-,28-,29-,30-,33-,34-,41-,42-,73?,74?/m1/s1. The molecular formula is C46H72N14O12P2S2Si2. The van der Waals surface area contributed by atoms with Gasteiger partial charge < -0.3 is 36.4 Å². The zero-order valence-corrected chi connectivity index (χ0v) is 51.8. The van der Waals surface area contributed by atoms with Crippen molar-refractivity contribution in [2.45, 2.75) is 167 Å². The highest BCUT2D eigenvalue weighted by atomic mass is 32.5. The Labute approximate surface area is 464 Å². The van der Waals surface area contributed by atoms with E-state index in [-0.39, 0.29) is 95.4 Å². The van der Waals surface area contributed by atoms with E-state index < -0.39 is 102 Å². The van der Waals surface area contributed by atoms with E-state index in [0.717, 1.165) is 0 Å². The highest BCUT2D eigenvalue weighted by molar-refractivity contribution is 8.09. The molecule has 32 heteroatoms. The second kappa shape index (κ2) is 23.8. The summed E-state index contributed by atoms with van der Waals surface area (Å²) >= 11 is 12.8. The van der Waals surface area contributed by atoms with Crippen molar-refractivity contribution in [1.82, 2.24) is 49.2 Å². The van der Waals surface area contributed by atoms with Crippen molar-refractivity contribution in [3.8, 4) is 12.1 Å². The molecule has 428 valence electrons. The van der Waals surface area contributed by atoms with Crippen LogP contribution in [0.3, 0.4) is 0 Å². The fraction of sp³-hybridized carbons (Fsp3) is 0.696. The van der Waals surface area contributed by atoms with Gasteiger partial charge in [0.25, 0.3) is 24.4 Å². The number of carbonyl (C=O) groups excluding carboxylic acids is 2. The zero-order valence-electron chi connectivity index (χ0n) is 46.4. The van der Waals surface area contributed by atoms with Gasteiger partial charge in [0, 0.05) is 11.8 Å². The van der Waals surface area contributed by atoms with Crippen LogP contribution >= 0.6 is 13.3 Å². The number of aromatic nitrogens is 8. The minimum absolute atomic E-state index is 0.0369. The maximum Gasteiger partial charge on any atom is 0.280 e. The number of rotatable bonds is 16. The number of nitriles is 2. The molecule has 0 radical (unpaired) electrons. The first kappa shape index (κ1) is 61.6. The number of hydrogen-bond acceptors (Lipinski definition) is 20. The molecule has 0 aliphatic carbocycles. The number of anilines is 2. The topological polar surface area (TPSA) is 331 Å². The van der Waals surface area contributed by atoms with Gasteiger partial charge in [-0.3, -0.25) is 48.9 Å². The predicted molar refractivity (Wildman–Crippen MR) is 302 cm³/mol. The Hall–Kier alpha value is -4.05. The molecule has 0 bridgehead atoms. The lowest BCUT2D eigenvalue weighted by Crippen LogP contribution is -2.54. The molecule has 4 aromatic heterocycles. The molecule has 2 unspecified atom stereocenters. The van der Waals surface area contributed by atoms with Crippen LogP contribution in [0.1, 0.15) is 94.5 Å². The number of amides is 2. The van der Waals surface area contributed by atoms with Crippen LogP contribution in [0.4, 0.5) is 11.9 Å². The zero-order chi connectivity index (χ0) is 57.5. The Bertz CT molecular complexity index is 2980. The van der Waals surface area contributed by atoms with Crippen LogP contribution in [0.15, 0.2) is 22.2 Å². The number of nitrogens with one attached hydrogen (secondary N) is 6. The van der Waals surface area contributed by atoms with E-state index in [0.29, 0.717) is 0 Å². The van der Waals surface area contributed by atoms with E-state index in [1.807, 2.05) is 0 Å². The smallest absolute Gasteiger partial charge is 0.280 e. The number of H-pyrrole nitrogens is 2. The van der Waals surface area contributed by atoms with Crippen LogP contribution in [0.25, 0.3) is 22.3 Å². The lowest BCUT2D eigenvalue weighted by molar-refractivity contribution is -0.119. The summed E-state index contributed by atoms with van der Waals surface area (Å²) < 4.78 is 58.4. The fourth-order valence-electron chi connectivity index (χ4n) is 8.02. The van der Waals surface area contributed by atoms with Crippen LogP contribution < -0.4 is 31.9 Å². The largest absolute Gasteiger partial charge is 0.408 e. The average Bonchev–Trinajstić information content (AvgIpc) is 4.19. The summed E-state index contributed by atoms with van der Waals surface area (Å²) in [5, 5.41) is 31.1. The van der Waals surface area contributed by atoms with Gasteiger partial charge in [0.1, 0.15) is 24.4 Å². The summed E-state index contributed by atoms with van der Waals surface area (Å²) in [4.78, 5) is 76.2. The van der Waals surface area contributed by atoms with Crippen LogP contribution in [-0.4, -0.2) is 130 Å². The molecule has 26 nitrogen and oxygen atoms in total. The van der Waals surface area contributed by atoms with Crippen molar-refractivity contribution in [3.63, 3.8) is 0 Å². The summed E-state index contributed by atoms with van der Waals surface area (Å²) in [5.74, 6) is -1.82. The van der Waals surface area contributed by atoms with Gasteiger partial charge in [-0.2, -0.15) is 20.5 Å². The lowest BCUT2D eigenvalue weighted by atomic mass is 10.1. The third-order valence-corrected chi connectivity index (χ3v) is 28.6. The number of carbonyl (C=O) groups is 2. The summed E-state index contributed by atoms with van der Waals surface area (Å²) in [6.07, 6.45) is -3.48. The lowest BCUT2D eigenvalue weighted by Gasteiger charge is -2.42. The molecule has 2 amide bonds. The summed E-state index contributed by atoms with van der Waals surface area (Å²) in [5.41, 5.74) is -1.15. The number of nitrogens with zero attached hydrogens (tertiary/aromatic N) is 8. The third-order valence-electron chi connectivity index (χ3n) is 14.5. The van der Waals surface area contributed by atoms with E-state index in [1.54, 1.807) is 36.8 Å². The van der Waals surface area contributed by atoms with Gasteiger partial charge >= 0.3 is 0 Å². The molecule has 3 aliphatic heterocycles. The van der Waals surface area contributed by atoms with Crippen molar-refractivity contribution in [2.24, 2.45) is 11.8 Å². The molecule has 7 heterocycles. The van der Waals surface area contributed by atoms with Gasteiger partial charge in [0.05, 0.1) is 76.1 Å². The highest BCUT2D eigenvalue weighted by Crippen LogP contribution is 2.54. The SMILES string of the molecule is CC(C)C(=O)Nc1nc2c(ncn2[C@@H]2O[C@@H]3COP(=S)(OCCC#N)N[C@H]4[C@@H](O[Si](C)(C)C(C)(C)C)[C@H](n5cnc6c(=O)[nH]c(NC(=O)C(C)C)nc65)O[C@@H]4COP(=S)(OCCC#N)N[C@H]3[C@H]2O[Si](C)(C)C(C)(C)C)c(=O)[nH]1. The molecule has 4 aromatic rings. The molecule has 3 saturated heterocycles. The van der Waals surface area contributed by atoms with E-state index in [9.17, 15) is 29.7 Å². The molecular weight excluding hydrogens is 1120 g/mol. The van der Waals surface area contributed by atoms with Crippen molar-refractivity contribution in [1.29, 1.82) is 10.5 Å². The summed E-state index contributed by atoms with van der Waals surface area (Å²) in [6, 6.07) is 2.31. The van der Waals surface area contributed by atoms with Gasteiger partial charge in [-0.1, -0.05) is 69.2 Å². The number of ether oxygens (including phenoxy) is 2. The Kier molecular flexibility index (Phi) is 18.8. The molecule has 0 spiro atoms. The fourth-order valence-corrected chi connectivity index (χ4v) is 15.3. The Morgan fingerprint density at radius 2 is 1.08 bits per heavy atom. The van der Waals surface area contributed by atoms with Gasteiger partial charge in [0.15, 0.2) is 51.4 Å². The maximum atomic E-state index is 13.6. The van der Waals surface area contributed by atoms with Crippen molar-refractivity contribution in [3.05, 3.63) is 33.4 Å². The minimum atomic E-state index is -3.80. The van der Waals surface area contributed by atoms with Gasteiger partial charge in [0.2, 0.25) is 23.7 Å². The van der Waals surface area contributed by atoms with E-state index in [2.05, 4.69) is 131 Å². The normalized spacial score (nSPS) is 27.5. The average molecular weight is 1200 g/mol. The number of imidazole rings is 2. The first-order valence-corrected chi connectivity index (χ1v) is 36.7. The summed E-state index contributed by atoms with van der Waals surface area (Å²) in [6.45, 7) is 19.1. The van der Waals surface area contributed by atoms with Crippen LogP contribution in [0.5, 0.6) is 0 Å². The quantitative estimate of drug-likeness (QED) is 0.0408. The van der Waals surface area contributed by atoms with Gasteiger partial charge in [-0.25, -0.2) is 20.1 Å². The van der Waals surface area contributed by atoms with E-state index in [1.165, 1.54) is 12.7 Å². The van der Waals surface area contributed by atoms with Gasteiger partial charge in [-0.05, 0) is 59.9 Å². The maximum absolute atomic E-state index is 13.6. The number of aromatic amines is 2. The Morgan fingerprint density at radius 1 is 0.718 bits per heavy atom. The van der Waals surface area contributed by atoms with Crippen LogP contribution in [0, 0.1) is 34.5 Å². The molecule has 7 rings (SSSR count). The molecule has 10 atom stereocenters. The monoisotopic (exact) mass is 1190 g/mol. The van der Waals surface area contributed by atoms with E-state index >= 15 is 0 Å². The number of fused-ring (bicyclic) bond motifs is 4. The second-order valence-corrected chi connectivity index (χ2v) is 38.9. The highest BCUT2D eigenvalue weighted by Gasteiger charge is 2.56. The molecule has 0 saturated carbocycles. The Morgan fingerprint density at radius 3 is 1.40 bits per heavy atom. The third kappa shape index (κ3) is 13.5. The minimum Gasteiger partial charge on any atom is -0.408 e. The van der Waals surface area contributed by atoms with Crippen molar-refractivity contribution >= 4 is 99.6 Å². The predicted octanol–water partition coefficient (Wildman–Crippen LogP) is 6.29. The first-order valence-electron chi connectivity index (χ1n) is 25.6. The molecule has 3 fully saturated rings. The summed E-state index contributed by atoms with van der Waals surface area (Å²) in [7, 11) is -5.61. The van der Waals surface area contributed by atoms with Gasteiger partial charge in [-0.15, -0.1) is 0 Å². The van der Waals surface area contributed by atoms with Crippen LogP contribution in [-0.2, 0) is 69.6 Å². The molecule has 6 N–H and O–H groups in total. The number of hydrogen-bond donors (Lipinski definition) is 6.